The van der Waals surface area contributed by atoms with E-state index in [1.807, 2.05) is 13.8 Å². The second-order valence-corrected chi connectivity index (χ2v) is 6.39. The second-order valence-electron chi connectivity index (χ2n) is 5.62. The van der Waals surface area contributed by atoms with Crippen LogP contribution in [0.2, 0.25) is 10.2 Å². The summed E-state index contributed by atoms with van der Waals surface area (Å²) in [5, 5.41) is 2.83. The summed E-state index contributed by atoms with van der Waals surface area (Å²) in [5.74, 6) is -0.681. The van der Waals surface area contributed by atoms with Crippen LogP contribution in [-0.4, -0.2) is 36.7 Å². The summed E-state index contributed by atoms with van der Waals surface area (Å²) >= 11 is 12.0. The van der Waals surface area contributed by atoms with Gasteiger partial charge in [-0.3, -0.25) is 4.79 Å². The lowest BCUT2D eigenvalue weighted by Crippen LogP contribution is -2.21. The zero-order valence-corrected chi connectivity index (χ0v) is 16.4. The van der Waals surface area contributed by atoms with Gasteiger partial charge in [-0.1, -0.05) is 23.2 Å². The molecule has 0 spiro atoms. The van der Waals surface area contributed by atoms with Gasteiger partial charge in [0.15, 0.2) is 23.3 Å². The summed E-state index contributed by atoms with van der Waals surface area (Å²) in [6, 6.07) is 6.01. The van der Waals surface area contributed by atoms with Crippen molar-refractivity contribution in [2.45, 2.75) is 20.0 Å². The summed E-state index contributed by atoms with van der Waals surface area (Å²) in [7, 11) is 1.43. The maximum atomic E-state index is 12.2. The number of esters is 1. The standard InChI is InChI=1S/C18H18Cl2N2O5/c1-10(2)27-16-12(19)7-11(8-14(16)25-3)18(24)26-9-15(23)22-13-5-4-6-21-17(13)20/h4-8,10H,9H2,1-3H3,(H,22,23). The van der Waals surface area contributed by atoms with E-state index in [2.05, 4.69) is 10.3 Å². The van der Waals surface area contributed by atoms with Gasteiger partial charge in [-0.25, -0.2) is 9.78 Å². The molecule has 7 nitrogen and oxygen atoms in total. The van der Waals surface area contributed by atoms with Gasteiger partial charge in [0.05, 0.1) is 29.5 Å². The number of hydrogen-bond acceptors (Lipinski definition) is 6. The number of rotatable bonds is 7. The van der Waals surface area contributed by atoms with Crippen molar-refractivity contribution < 1.29 is 23.8 Å². The smallest absolute Gasteiger partial charge is 0.338 e. The molecule has 1 aromatic heterocycles. The van der Waals surface area contributed by atoms with Gasteiger partial charge in [-0.05, 0) is 38.1 Å². The molecule has 0 aliphatic heterocycles. The summed E-state index contributed by atoms with van der Waals surface area (Å²) in [4.78, 5) is 28.0. The number of halogens is 2. The Hall–Kier alpha value is -2.51. The van der Waals surface area contributed by atoms with Crippen LogP contribution in [0.15, 0.2) is 30.5 Å². The predicted octanol–water partition coefficient (Wildman–Crippen LogP) is 3.98. The van der Waals surface area contributed by atoms with Crippen molar-refractivity contribution >= 4 is 40.8 Å². The van der Waals surface area contributed by atoms with E-state index in [0.29, 0.717) is 11.4 Å². The highest BCUT2D eigenvalue weighted by Crippen LogP contribution is 2.37. The molecule has 0 saturated heterocycles. The first kappa shape index (κ1) is 20.8. The normalized spacial score (nSPS) is 10.4. The van der Waals surface area contributed by atoms with Crippen molar-refractivity contribution in [1.82, 2.24) is 4.98 Å². The number of carbonyl (C=O) groups excluding carboxylic acids is 2. The third-order valence-electron chi connectivity index (χ3n) is 3.19. The fourth-order valence-corrected chi connectivity index (χ4v) is 2.49. The molecule has 2 aromatic rings. The highest BCUT2D eigenvalue weighted by atomic mass is 35.5. The molecule has 0 atom stereocenters. The van der Waals surface area contributed by atoms with Crippen molar-refractivity contribution in [3.05, 3.63) is 46.2 Å². The minimum Gasteiger partial charge on any atom is -0.493 e. The molecule has 0 fully saturated rings. The minimum absolute atomic E-state index is 0.125. The number of carbonyl (C=O) groups is 2. The van der Waals surface area contributed by atoms with Gasteiger partial charge in [0, 0.05) is 6.20 Å². The Balaban J connectivity index is 2.04. The van der Waals surface area contributed by atoms with Gasteiger partial charge < -0.3 is 19.5 Å². The number of benzene rings is 1. The molecule has 9 heteroatoms. The lowest BCUT2D eigenvalue weighted by molar-refractivity contribution is -0.119. The Labute approximate surface area is 166 Å². The first-order chi connectivity index (χ1) is 12.8. The van der Waals surface area contributed by atoms with Crippen LogP contribution < -0.4 is 14.8 Å². The van der Waals surface area contributed by atoms with Crippen molar-refractivity contribution in [2.24, 2.45) is 0 Å². The van der Waals surface area contributed by atoms with E-state index >= 15 is 0 Å². The monoisotopic (exact) mass is 412 g/mol. The third-order valence-corrected chi connectivity index (χ3v) is 3.77. The van der Waals surface area contributed by atoms with E-state index < -0.39 is 18.5 Å². The molecule has 1 amide bonds. The summed E-state index contributed by atoms with van der Waals surface area (Å²) in [6.45, 7) is 3.17. The first-order valence-electron chi connectivity index (χ1n) is 7.93. The van der Waals surface area contributed by atoms with Crippen LogP contribution in [0.1, 0.15) is 24.2 Å². The number of nitrogens with zero attached hydrogens (tertiary/aromatic N) is 1. The number of aromatic nitrogens is 1. The molecule has 1 aromatic carbocycles. The molecule has 0 unspecified atom stereocenters. The van der Waals surface area contributed by atoms with Crippen molar-refractivity contribution in [2.75, 3.05) is 19.0 Å². The Kier molecular flexibility index (Phi) is 7.27. The van der Waals surface area contributed by atoms with Gasteiger partial charge in [0.2, 0.25) is 0 Å². The van der Waals surface area contributed by atoms with Crippen molar-refractivity contribution in [3.63, 3.8) is 0 Å². The van der Waals surface area contributed by atoms with Gasteiger partial charge in [-0.2, -0.15) is 0 Å². The number of methoxy groups -OCH3 is 1. The van der Waals surface area contributed by atoms with Gasteiger partial charge in [0.1, 0.15) is 0 Å². The quantitative estimate of drug-likeness (QED) is 0.546. The molecule has 0 saturated carbocycles. The zero-order valence-electron chi connectivity index (χ0n) is 14.9. The topological polar surface area (TPSA) is 86.8 Å². The lowest BCUT2D eigenvalue weighted by atomic mass is 10.2. The largest absolute Gasteiger partial charge is 0.493 e. The van der Waals surface area contributed by atoms with E-state index in [4.69, 9.17) is 37.4 Å². The summed E-state index contributed by atoms with van der Waals surface area (Å²) < 4.78 is 15.8. The van der Waals surface area contributed by atoms with E-state index in [1.54, 1.807) is 12.1 Å². The average molecular weight is 413 g/mol. The van der Waals surface area contributed by atoms with Gasteiger partial charge in [-0.15, -0.1) is 0 Å². The Morgan fingerprint density at radius 3 is 2.63 bits per heavy atom. The second kappa shape index (κ2) is 9.43. The van der Waals surface area contributed by atoms with Crippen molar-refractivity contribution in [3.8, 4) is 11.5 Å². The fourth-order valence-electron chi connectivity index (χ4n) is 2.07. The van der Waals surface area contributed by atoms with Crippen LogP contribution in [0.25, 0.3) is 0 Å². The van der Waals surface area contributed by atoms with Crippen LogP contribution in [0.5, 0.6) is 11.5 Å². The number of nitrogens with one attached hydrogen (secondary N) is 1. The number of ether oxygens (including phenoxy) is 3. The maximum absolute atomic E-state index is 12.2. The fraction of sp³-hybridized carbons (Fsp3) is 0.278. The third kappa shape index (κ3) is 5.74. The molecule has 1 heterocycles. The highest BCUT2D eigenvalue weighted by molar-refractivity contribution is 6.33. The molecule has 1 N–H and O–H groups in total. The Morgan fingerprint density at radius 2 is 2.00 bits per heavy atom. The first-order valence-corrected chi connectivity index (χ1v) is 8.69. The van der Waals surface area contributed by atoms with E-state index in [9.17, 15) is 9.59 Å². The van der Waals surface area contributed by atoms with Gasteiger partial charge >= 0.3 is 5.97 Å². The maximum Gasteiger partial charge on any atom is 0.338 e. The molecule has 144 valence electrons. The molecule has 0 bridgehead atoms. The minimum atomic E-state index is -0.737. The van der Waals surface area contributed by atoms with E-state index in [0.717, 1.165) is 0 Å². The van der Waals surface area contributed by atoms with Crippen molar-refractivity contribution in [1.29, 1.82) is 0 Å². The number of anilines is 1. The SMILES string of the molecule is COc1cc(C(=O)OCC(=O)Nc2cccnc2Cl)cc(Cl)c1OC(C)C. The zero-order chi connectivity index (χ0) is 20.0. The molecular weight excluding hydrogens is 395 g/mol. The predicted molar refractivity (Wildman–Crippen MR) is 102 cm³/mol. The highest BCUT2D eigenvalue weighted by Gasteiger charge is 2.18. The lowest BCUT2D eigenvalue weighted by Gasteiger charge is -2.16. The molecular formula is C18H18Cl2N2O5. The van der Waals surface area contributed by atoms with E-state index in [1.165, 1.54) is 25.4 Å². The molecule has 27 heavy (non-hydrogen) atoms. The summed E-state index contributed by atoms with van der Waals surface area (Å²) in [6.07, 6.45) is 1.36. The molecule has 2 rings (SSSR count). The average Bonchev–Trinajstić information content (AvgIpc) is 2.62. The molecule has 0 aliphatic rings. The van der Waals surface area contributed by atoms with Crippen LogP contribution in [0.3, 0.4) is 0 Å². The Bertz CT molecular complexity index is 842. The van der Waals surface area contributed by atoms with Crippen LogP contribution in [0.4, 0.5) is 5.69 Å². The Morgan fingerprint density at radius 1 is 1.26 bits per heavy atom. The molecule has 0 radical (unpaired) electrons. The number of pyridine rings is 1. The number of amides is 1. The number of hydrogen-bond donors (Lipinski definition) is 1. The van der Waals surface area contributed by atoms with E-state index in [-0.39, 0.29) is 27.6 Å². The van der Waals surface area contributed by atoms with Gasteiger partial charge in [0.25, 0.3) is 5.91 Å². The molecule has 0 aliphatic carbocycles. The van der Waals surface area contributed by atoms with Crippen LogP contribution >= 0.6 is 23.2 Å². The van der Waals surface area contributed by atoms with Crippen LogP contribution in [-0.2, 0) is 9.53 Å². The van der Waals surface area contributed by atoms with Crippen LogP contribution in [0, 0.1) is 0 Å². The summed E-state index contributed by atoms with van der Waals surface area (Å²) in [5.41, 5.74) is 0.445.